The fourth-order valence-electron chi connectivity index (χ4n) is 8.69. The molecule has 11 atom stereocenters. The Morgan fingerprint density at radius 1 is 0.424 bits per heavy atom. The van der Waals surface area contributed by atoms with Crippen molar-refractivity contribution in [2.24, 2.45) is 0 Å². The first-order chi connectivity index (χ1) is 32.0. The van der Waals surface area contributed by atoms with Crippen LogP contribution in [0.4, 0.5) is 0 Å². The van der Waals surface area contributed by atoms with Gasteiger partial charge >= 0.3 is 11.9 Å². The predicted molar refractivity (Wildman–Crippen MR) is 252 cm³/mol. The van der Waals surface area contributed by atoms with E-state index in [1.165, 1.54) is 141 Å². The highest BCUT2D eigenvalue weighted by molar-refractivity contribution is 5.70. The number of carbonyl (C=O) groups is 2. The van der Waals surface area contributed by atoms with Crippen molar-refractivity contribution in [2.45, 2.75) is 287 Å². The van der Waals surface area contributed by atoms with E-state index in [9.17, 15) is 45.3 Å². The molecule has 2 fully saturated rings. The quantitative estimate of drug-likeness (QED) is 0.0231. The molecule has 0 saturated carbocycles. The number of aliphatic hydroxyl groups is 7. The molecule has 0 amide bonds. The summed E-state index contributed by atoms with van der Waals surface area (Å²) < 4.78 is 33.6. The van der Waals surface area contributed by atoms with Crippen molar-refractivity contribution >= 4 is 11.9 Å². The third kappa shape index (κ3) is 27.0. The van der Waals surface area contributed by atoms with E-state index >= 15 is 0 Å². The first kappa shape index (κ1) is 60.6. The van der Waals surface area contributed by atoms with Crippen LogP contribution in [0.25, 0.3) is 0 Å². The van der Waals surface area contributed by atoms with Gasteiger partial charge in [0.25, 0.3) is 0 Å². The lowest BCUT2D eigenvalue weighted by molar-refractivity contribution is -0.332. The Hall–Kier alpha value is -1.50. The number of ether oxygens (including phenoxy) is 6. The zero-order chi connectivity index (χ0) is 48.2. The molecule has 390 valence electrons. The summed E-state index contributed by atoms with van der Waals surface area (Å²) in [6, 6.07) is 0. The van der Waals surface area contributed by atoms with Crippen molar-refractivity contribution in [2.75, 3.05) is 26.4 Å². The maximum Gasteiger partial charge on any atom is 0.306 e. The van der Waals surface area contributed by atoms with Crippen molar-refractivity contribution in [1.82, 2.24) is 0 Å². The average Bonchev–Trinajstić information content (AvgIpc) is 3.31. The van der Waals surface area contributed by atoms with Gasteiger partial charge in [0.05, 0.1) is 19.8 Å². The van der Waals surface area contributed by atoms with E-state index < -0.39 is 92.7 Å². The van der Waals surface area contributed by atoms with Gasteiger partial charge in [-0.1, -0.05) is 194 Å². The molecule has 1 unspecified atom stereocenters. The zero-order valence-corrected chi connectivity index (χ0v) is 41.2. The average molecular weight is 949 g/mol. The number of hydrogen-bond acceptors (Lipinski definition) is 15. The summed E-state index contributed by atoms with van der Waals surface area (Å²) in [7, 11) is 0. The Labute approximate surface area is 398 Å². The summed E-state index contributed by atoms with van der Waals surface area (Å²) in [4.78, 5) is 25.8. The molecular weight excluding hydrogens is 853 g/mol. The molecule has 2 aliphatic heterocycles. The molecule has 2 aliphatic rings. The Balaban J connectivity index is 1.79. The van der Waals surface area contributed by atoms with Gasteiger partial charge in [-0.3, -0.25) is 9.59 Å². The van der Waals surface area contributed by atoms with Gasteiger partial charge in [-0.15, -0.1) is 0 Å². The summed E-state index contributed by atoms with van der Waals surface area (Å²) in [6.45, 7) is 2.63. The third-order valence-electron chi connectivity index (χ3n) is 13.1. The van der Waals surface area contributed by atoms with Gasteiger partial charge in [0.15, 0.2) is 18.7 Å². The van der Waals surface area contributed by atoms with E-state index in [2.05, 4.69) is 13.8 Å². The Morgan fingerprint density at radius 2 is 0.773 bits per heavy atom. The molecule has 15 heteroatoms. The topological polar surface area (TPSA) is 231 Å². The third-order valence-corrected chi connectivity index (χ3v) is 13.1. The van der Waals surface area contributed by atoms with Gasteiger partial charge in [0, 0.05) is 12.8 Å². The number of esters is 2. The Kier molecular flexibility index (Phi) is 36.0. The monoisotopic (exact) mass is 949 g/mol. The van der Waals surface area contributed by atoms with Crippen molar-refractivity contribution in [3.63, 3.8) is 0 Å². The normalized spacial score (nSPS) is 26.1. The fraction of sp³-hybridized carbons (Fsp3) is 0.961. The van der Waals surface area contributed by atoms with Crippen LogP contribution in [0, 0.1) is 0 Å². The number of hydrogen-bond donors (Lipinski definition) is 7. The smallest absolute Gasteiger partial charge is 0.306 e. The molecule has 0 spiro atoms. The largest absolute Gasteiger partial charge is 0.462 e. The van der Waals surface area contributed by atoms with Gasteiger partial charge in [0.2, 0.25) is 0 Å². The van der Waals surface area contributed by atoms with Gasteiger partial charge < -0.3 is 64.2 Å². The van der Waals surface area contributed by atoms with Crippen LogP contribution in [0.5, 0.6) is 0 Å². The van der Waals surface area contributed by atoms with E-state index in [1.54, 1.807) is 0 Å². The first-order valence-corrected chi connectivity index (χ1v) is 26.6. The molecule has 66 heavy (non-hydrogen) atoms. The maximum atomic E-state index is 13.0. The van der Waals surface area contributed by atoms with Crippen molar-refractivity contribution < 1.29 is 73.8 Å². The molecule has 2 heterocycles. The highest BCUT2D eigenvalue weighted by Gasteiger charge is 2.47. The highest BCUT2D eigenvalue weighted by atomic mass is 16.7. The first-order valence-electron chi connectivity index (χ1n) is 26.6. The molecule has 0 radical (unpaired) electrons. The zero-order valence-electron chi connectivity index (χ0n) is 41.2. The summed E-state index contributed by atoms with van der Waals surface area (Å²) in [5.74, 6) is -0.908. The minimum absolute atomic E-state index is 0.173. The SMILES string of the molecule is CCCCCCCCCCCCCCCCCC(=O)OC[C@H](CO[C@@H]1O[C@H](COC2O[C@H](CO)[C@H](O)[C@H](O)[C@H]2O)[C@H](O)[C@H](O)[C@H]1O)OC(=O)CCCCCCCCCCCCCCCCC. The number of unbranched alkanes of at least 4 members (excludes halogenated alkanes) is 28. The predicted octanol–water partition coefficient (Wildman–Crippen LogP) is 7.61. The molecule has 0 aromatic heterocycles. The number of carbonyl (C=O) groups excluding carboxylic acids is 2. The minimum Gasteiger partial charge on any atom is -0.462 e. The molecule has 7 N–H and O–H groups in total. The molecule has 0 bridgehead atoms. The van der Waals surface area contributed by atoms with Crippen LogP contribution in [0.1, 0.15) is 219 Å². The molecule has 0 aromatic carbocycles. The van der Waals surface area contributed by atoms with E-state index in [4.69, 9.17) is 28.4 Å². The standard InChI is InChI=1S/C51H96O15/c1-3-5-7-9-11-13-15-17-19-21-23-25-27-29-31-33-42(53)61-36-39(64-43(54)34-32-30-28-26-24-22-20-18-16-14-12-10-8-6-4-2)37-62-50-49(60)47(58)45(56)41(66-50)38-63-51-48(59)46(57)44(55)40(35-52)65-51/h39-41,44-52,55-60H,3-38H2,1-2H3/t39-,40-,41-,44+,45+,46+,47+,48-,49-,50-,51?/m1/s1. The van der Waals surface area contributed by atoms with Crippen LogP contribution >= 0.6 is 0 Å². The van der Waals surface area contributed by atoms with Crippen LogP contribution in [-0.4, -0.2) is 142 Å². The van der Waals surface area contributed by atoms with E-state index in [1.807, 2.05) is 0 Å². The maximum absolute atomic E-state index is 13.0. The molecule has 2 rings (SSSR count). The van der Waals surface area contributed by atoms with Crippen LogP contribution in [0.15, 0.2) is 0 Å². The number of rotatable bonds is 42. The Bertz CT molecular complexity index is 1160. The van der Waals surface area contributed by atoms with Crippen molar-refractivity contribution in [3.05, 3.63) is 0 Å². The van der Waals surface area contributed by atoms with Crippen molar-refractivity contribution in [3.8, 4) is 0 Å². The molecule has 2 saturated heterocycles. The van der Waals surface area contributed by atoms with E-state index in [0.29, 0.717) is 12.8 Å². The van der Waals surface area contributed by atoms with Gasteiger partial charge in [0.1, 0.15) is 55.4 Å². The van der Waals surface area contributed by atoms with Crippen molar-refractivity contribution in [1.29, 1.82) is 0 Å². The highest BCUT2D eigenvalue weighted by Crippen LogP contribution is 2.27. The fourth-order valence-corrected chi connectivity index (χ4v) is 8.69. The number of aliphatic hydroxyl groups excluding tert-OH is 7. The van der Waals surface area contributed by atoms with E-state index in [-0.39, 0.29) is 26.1 Å². The minimum atomic E-state index is -1.76. The van der Waals surface area contributed by atoms with Gasteiger partial charge in [-0.25, -0.2) is 0 Å². The second-order valence-corrected chi connectivity index (χ2v) is 19.1. The lowest BCUT2D eigenvalue weighted by Gasteiger charge is -2.42. The van der Waals surface area contributed by atoms with Gasteiger partial charge in [-0.05, 0) is 12.8 Å². The molecular formula is C51H96O15. The van der Waals surface area contributed by atoms with Gasteiger partial charge in [-0.2, -0.15) is 0 Å². The molecule has 0 aromatic rings. The van der Waals surface area contributed by atoms with Crippen LogP contribution in [-0.2, 0) is 38.0 Å². The van der Waals surface area contributed by atoms with Crippen LogP contribution in [0.3, 0.4) is 0 Å². The summed E-state index contributed by atoms with van der Waals surface area (Å²) in [6.07, 6.45) is 19.8. The Morgan fingerprint density at radius 3 is 1.18 bits per heavy atom. The molecule has 0 aliphatic carbocycles. The van der Waals surface area contributed by atoms with Crippen LogP contribution < -0.4 is 0 Å². The second kappa shape index (κ2) is 39.2. The lowest BCUT2D eigenvalue weighted by Crippen LogP contribution is -2.61. The molecule has 15 nitrogen and oxygen atoms in total. The summed E-state index contributed by atoms with van der Waals surface area (Å²) >= 11 is 0. The lowest BCUT2D eigenvalue weighted by atomic mass is 9.98. The summed E-state index contributed by atoms with van der Waals surface area (Å²) in [5.41, 5.74) is 0. The second-order valence-electron chi connectivity index (χ2n) is 19.1. The van der Waals surface area contributed by atoms with Crippen LogP contribution in [0.2, 0.25) is 0 Å². The summed E-state index contributed by atoms with van der Waals surface area (Å²) in [5, 5.41) is 72.1. The van der Waals surface area contributed by atoms with E-state index in [0.717, 1.165) is 38.5 Å².